The largest absolute Gasteiger partial charge is 0.395 e. The van der Waals surface area contributed by atoms with E-state index < -0.39 is 55.6 Å². The average molecular weight is 665 g/mol. The molecule has 12 heteroatoms. The number of ether oxygens (including phenoxy) is 3. The zero-order chi connectivity index (χ0) is 34.2. The van der Waals surface area contributed by atoms with Gasteiger partial charge in [0, 0.05) is 19.1 Å². The summed E-state index contributed by atoms with van der Waals surface area (Å²) < 4.78 is 16.8. The number of ketones is 1. The molecule has 0 aromatic rings. The van der Waals surface area contributed by atoms with Gasteiger partial charge in [-0.25, -0.2) is 0 Å². The smallest absolute Gasteiger partial charge is 0.187 e. The molecule has 1 aliphatic heterocycles. The van der Waals surface area contributed by atoms with Crippen molar-refractivity contribution in [3.63, 3.8) is 0 Å². The van der Waals surface area contributed by atoms with E-state index in [1.54, 1.807) is 0 Å². The van der Waals surface area contributed by atoms with Crippen molar-refractivity contribution < 1.29 is 49.6 Å². The standard InChI is InChI=1S/C34H68N2O10/c1-25(35)28(40)19-15-11-8-9-13-17-21-44-24-26(39)18-14-10-6-4-2-3-5-7-12-16-20-29(27(36)22-37)45-34-33(43)32(42)31(41)30(23-38)46-34/h25,27-34,37-38,40-43H,2-24,35-36H2,1H3/t25-,27+,28-,29-,30-,31-,32+,33-,34-/m1/s1. The van der Waals surface area contributed by atoms with Gasteiger partial charge >= 0.3 is 0 Å². The Bertz CT molecular complexity index is 732. The second kappa shape index (κ2) is 27.1. The number of Topliss-reactive ketones (excluding diaryl/α,β-unsaturated/α-hetero) is 1. The maximum atomic E-state index is 12.0. The minimum Gasteiger partial charge on any atom is -0.395 e. The highest BCUT2D eigenvalue weighted by Gasteiger charge is 2.45. The summed E-state index contributed by atoms with van der Waals surface area (Å²) in [5, 5.41) is 58.8. The van der Waals surface area contributed by atoms with Crippen molar-refractivity contribution in [1.82, 2.24) is 0 Å². The van der Waals surface area contributed by atoms with Gasteiger partial charge in [-0.15, -0.1) is 0 Å². The summed E-state index contributed by atoms with van der Waals surface area (Å²) in [6, 6.07) is -0.853. The Kier molecular flexibility index (Phi) is 25.5. The van der Waals surface area contributed by atoms with Crippen LogP contribution in [0.1, 0.15) is 129 Å². The van der Waals surface area contributed by atoms with E-state index in [4.69, 9.17) is 25.7 Å². The van der Waals surface area contributed by atoms with Crippen molar-refractivity contribution in [2.75, 3.05) is 26.4 Å². The number of hydrogen-bond acceptors (Lipinski definition) is 12. The minimum absolute atomic E-state index is 0.158. The number of carbonyl (C=O) groups excluding carboxylic acids is 1. The van der Waals surface area contributed by atoms with Crippen LogP contribution in [0, 0.1) is 0 Å². The first kappa shape index (κ1) is 43.3. The molecule has 12 nitrogen and oxygen atoms in total. The van der Waals surface area contributed by atoms with Gasteiger partial charge < -0.3 is 56.3 Å². The van der Waals surface area contributed by atoms with Crippen molar-refractivity contribution in [2.45, 2.75) is 184 Å². The molecule has 0 aliphatic carbocycles. The van der Waals surface area contributed by atoms with Crippen molar-refractivity contribution in [3.05, 3.63) is 0 Å². The second-order valence-electron chi connectivity index (χ2n) is 13.2. The SMILES string of the molecule is C[C@@H](N)[C@H](O)CCCCCCCCOCC(=O)CCCCCCCCCCCC[C@@H](O[C@@H]1O[C@H](CO)[C@@H](O)[C@H](O)[C@H]1O)[C@@H](N)CO. The molecule has 10 N–H and O–H groups in total. The van der Waals surface area contributed by atoms with Crippen LogP contribution in [0.4, 0.5) is 0 Å². The third-order valence-corrected chi connectivity index (χ3v) is 8.95. The lowest BCUT2D eigenvalue weighted by molar-refractivity contribution is -0.313. The summed E-state index contributed by atoms with van der Waals surface area (Å²) in [7, 11) is 0. The van der Waals surface area contributed by atoms with E-state index in [1.807, 2.05) is 6.92 Å². The number of hydrogen-bond donors (Lipinski definition) is 8. The summed E-state index contributed by atoms with van der Waals surface area (Å²) in [6.45, 7) is 1.85. The number of aliphatic hydroxyl groups excluding tert-OH is 6. The van der Waals surface area contributed by atoms with Crippen LogP contribution < -0.4 is 11.5 Å². The number of aliphatic hydroxyl groups is 6. The number of carbonyl (C=O) groups is 1. The summed E-state index contributed by atoms with van der Waals surface area (Å²) >= 11 is 0. The number of nitrogens with two attached hydrogens (primary N) is 2. The maximum Gasteiger partial charge on any atom is 0.187 e. The molecule has 0 bridgehead atoms. The molecule has 0 aromatic carbocycles. The Labute approximate surface area is 277 Å². The van der Waals surface area contributed by atoms with Crippen molar-refractivity contribution in [1.29, 1.82) is 0 Å². The molecule has 0 aromatic heterocycles. The average Bonchev–Trinajstić information content (AvgIpc) is 3.04. The Morgan fingerprint density at radius 1 is 0.739 bits per heavy atom. The van der Waals surface area contributed by atoms with E-state index in [9.17, 15) is 35.4 Å². The minimum atomic E-state index is -1.52. The molecule has 1 saturated heterocycles. The molecule has 0 saturated carbocycles. The zero-order valence-corrected chi connectivity index (χ0v) is 28.4. The highest BCUT2D eigenvalue weighted by Crippen LogP contribution is 2.25. The van der Waals surface area contributed by atoms with Gasteiger partial charge in [-0.1, -0.05) is 89.9 Å². The first-order valence-corrected chi connectivity index (χ1v) is 18.0. The predicted molar refractivity (Wildman–Crippen MR) is 177 cm³/mol. The van der Waals surface area contributed by atoms with Gasteiger partial charge in [0.15, 0.2) is 12.1 Å². The van der Waals surface area contributed by atoms with Crippen LogP contribution in [0.2, 0.25) is 0 Å². The molecule has 1 aliphatic rings. The van der Waals surface area contributed by atoms with Gasteiger partial charge in [0.05, 0.1) is 31.5 Å². The van der Waals surface area contributed by atoms with E-state index in [2.05, 4.69) is 0 Å². The Morgan fingerprint density at radius 3 is 1.80 bits per heavy atom. The van der Waals surface area contributed by atoms with Crippen LogP contribution in [0.5, 0.6) is 0 Å². The van der Waals surface area contributed by atoms with Gasteiger partial charge in [-0.05, 0) is 32.6 Å². The van der Waals surface area contributed by atoms with Crippen molar-refractivity contribution >= 4 is 5.78 Å². The molecule has 1 rings (SSSR count). The maximum absolute atomic E-state index is 12.0. The summed E-state index contributed by atoms with van der Waals surface area (Å²) in [5.74, 6) is 0.188. The molecular weight excluding hydrogens is 596 g/mol. The van der Waals surface area contributed by atoms with Crippen LogP contribution in [-0.2, 0) is 19.0 Å². The van der Waals surface area contributed by atoms with Gasteiger partial charge in [-0.3, -0.25) is 4.79 Å². The molecule has 0 unspecified atom stereocenters. The van der Waals surface area contributed by atoms with Crippen LogP contribution in [0.15, 0.2) is 0 Å². The van der Waals surface area contributed by atoms with E-state index >= 15 is 0 Å². The van der Waals surface area contributed by atoms with Crippen molar-refractivity contribution in [2.24, 2.45) is 11.5 Å². The van der Waals surface area contributed by atoms with Gasteiger partial charge in [0.2, 0.25) is 0 Å². The lowest BCUT2D eigenvalue weighted by Gasteiger charge is -2.41. The van der Waals surface area contributed by atoms with Crippen molar-refractivity contribution in [3.8, 4) is 0 Å². The summed E-state index contributed by atoms with van der Waals surface area (Å²) in [4.78, 5) is 12.0. The van der Waals surface area contributed by atoms with Gasteiger partial charge in [0.25, 0.3) is 0 Å². The highest BCUT2D eigenvalue weighted by atomic mass is 16.7. The Balaban J connectivity index is 1.97. The second-order valence-corrected chi connectivity index (χ2v) is 13.2. The summed E-state index contributed by atoms with van der Waals surface area (Å²) in [6.07, 6.45) is 11.2. The Hall–Kier alpha value is -0.770. The normalized spacial score (nSPS) is 24.5. The van der Waals surface area contributed by atoms with Gasteiger partial charge in [0.1, 0.15) is 31.0 Å². The first-order chi connectivity index (χ1) is 22.1. The molecule has 274 valence electrons. The van der Waals surface area contributed by atoms with E-state index in [0.717, 1.165) is 103 Å². The fourth-order valence-corrected chi connectivity index (χ4v) is 5.72. The van der Waals surface area contributed by atoms with Crippen LogP contribution >= 0.6 is 0 Å². The summed E-state index contributed by atoms with van der Waals surface area (Å²) in [5.41, 5.74) is 11.7. The topological polar surface area (TPSA) is 218 Å². The van der Waals surface area contributed by atoms with E-state index in [0.29, 0.717) is 19.4 Å². The lowest BCUT2D eigenvalue weighted by atomic mass is 9.98. The molecule has 0 spiro atoms. The number of rotatable bonds is 30. The van der Waals surface area contributed by atoms with Crippen LogP contribution in [0.3, 0.4) is 0 Å². The fraction of sp³-hybridized carbons (Fsp3) is 0.971. The molecule has 46 heavy (non-hydrogen) atoms. The molecule has 9 atom stereocenters. The van der Waals surface area contributed by atoms with Crippen LogP contribution in [-0.4, -0.2) is 118 Å². The Morgan fingerprint density at radius 2 is 1.26 bits per heavy atom. The molecule has 1 heterocycles. The third kappa shape index (κ3) is 19.3. The predicted octanol–water partition coefficient (Wildman–Crippen LogP) is 2.20. The van der Waals surface area contributed by atoms with Crippen LogP contribution in [0.25, 0.3) is 0 Å². The lowest BCUT2D eigenvalue weighted by Crippen LogP contribution is -2.60. The van der Waals surface area contributed by atoms with E-state index in [1.165, 1.54) is 6.42 Å². The zero-order valence-electron chi connectivity index (χ0n) is 28.4. The first-order valence-electron chi connectivity index (χ1n) is 18.0. The van der Waals surface area contributed by atoms with E-state index in [-0.39, 0.29) is 25.0 Å². The molecule has 0 amide bonds. The fourth-order valence-electron chi connectivity index (χ4n) is 5.72. The molecular formula is C34H68N2O10. The van der Waals surface area contributed by atoms with Gasteiger partial charge in [-0.2, -0.15) is 0 Å². The quantitative estimate of drug-likeness (QED) is 0.0519. The molecule has 1 fully saturated rings. The highest BCUT2D eigenvalue weighted by molar-refractivity contribution is 5.79. The monoisotopic (exact) mass is 664 g/mol. The molecule has 0 radical (unpaired) electrons. The third-order valence-electron chi connectivity index (χ3n) is 8.95. The number of unbranched alkanes of at least 4 members (excludes halogenated alkanes) is 14.